The van der Waals surface area contributed by atoms with Crippen LogP contribution in [0.15, 0.2) is 52.3 Å². The second kappa shape index (κ2) is 7.63. The van der Waals surface area contributed by atoms with Gasteiger partial charge in [0.25, 0.3) is 0 Å². The minimum atomic E-state index is -1.09. The largest absolute Gasteiger partial charge is 0.548 e. The van der Waals surface area contributed by atoms with Gasteiger partial charge in [0, 0.05) is 26.4 Å². The second-order valence-corrected chi connectivity index (χ2v) is 6.75. The van der Waals surface area contributed by atoms with Crippen molar-refractivity contribution in [3.63, 3.8) is 0 Å². The number of aromatic nitrogens is 1. The number of aliphatic carboxylic acids is 1. The molecule has 0 aliphatic heterocycles. The van der Waals surface area contributed by atoms with Crippen LogP contribution in [0.1, 0.15) is 11.3 Å². The fourth-order valence-electron chi connectivity index (χ4n) is 2.79. The van der Waals surface area contributed by atoms with Gasteiger partial charge in [0.15, 0.2) is 0 Å². The maximum atomic E-state index is 11.1. The first-order valence-electron chi connectivity index (χ1n) is 7.61. The molecule has 1 aromatic heterocycles. The molecule has 0 amide bonds. The van der Waals surface area contributed by atoms with Crippen molar-refractivity contribution in [2.24, 2.45) is 0 Å². The Kier molecular flexibility index (Phi) is 5.77. The van der Waals surface area contributed by atoms with Crippen molar-refractivity contribution in [3.8, 4) is 5.75 Å². The molecule has 2 aromatic carbocycles. The summed E-state index contributed by atoms with van der Waals surface area (Å²) >= 11 is 1.63. The minimum Gasteiger partial charge on any atom is -0.548 e. The van der Waals surface area contributed by atoms with E-state index in [4.69, 9.17) is 4.74 Å². The van der Waals surface area contributed by atoms with E-state index in [2.05, 4.69) is 6.07 Å². The molecule has 0 spiro atoms. The maximum Gasteiger partial charge on any atom is 0.118 e. The third-order valence-corrected chi connectivity index (χ3v) is 5.21. The average molecular weight is 358 g/mol. The van der Waals surface area contributed by atoms with Gasteiger partial charge in [0.05, 0.1) is 19.6 Å². The maximum absolute atomic E-state index is 11.1. The smallest absolute Gasteiger partial charge is 0.118 e. The number of ether oxygens (including phenoxy) is 1. The zero-order chi connectivity index (χ0) is 17.3. The van der Waals surface area contributed by atoms with Crippen LogP contribution >= 0.6 is 11.8 Å². The van der Waals surface area contributed by atoms with Crippen molar-refractivity contribution in [2.75, 3.05) is 7.11 Å². The van der Waals surface area contributed by atoms with E-state index in [1.54, 1.807) is 23.4 Å². The highest BCUT2D eigenvalue weighted by atomic mass is 32.2. The summed E-state index contributed by atoms with van der Waals surface area (Å²) in [7, 11) is 1.64. The van der Waals surface area contributed by atoms with Crippen LogP contribution in [-0.2, 0) is 11.3 Å². The Bertz CT molecular complexity index is 901. The molecule has 0 fully saturated rings. The van der Waals surface area contributed by atoms with Crippen LogP contribution < -0.4 is 16.0 Å². The van der Waals surface area contributed by atoms with E-state index in [1.807, 2.05) is 50.2 Å². The number of carboxylic acid groups (broad SMARTS) is 1. The van der Waals surface area contributed by atoms with Crippen LogP contribution in [0.2, 0.25) is 0 Å². The van der Waals surface area contributed by atoms with Gasteiger partial charge in [-0.3, -0.25) is 0 Å². The third kappa shape index (κ3) is 3.81. The average Bonchev–Trinajstić information content (AvgIpc) is 2.80. The lowest BCUT2D eigenvalue weighted by Crippen LogP contribution is -2.27. The SMILES string of the molecule is COc1ccc(Sc2c(C)n(CC(=O)[O-])c3ccc(C)cc23)cc1.[NH4+]. The highest BCUT2D eigenvalue weighted by Gasteiger charge is 2.15. The normalized spacial score (nSPS) is 10.5. The first-order valence-corrected chi connectivity index (χ1v) is 8.42. The second-order valence-electron chi connectivity index (χ2n) is 5.67. The Morgan fingerprint density at radius 2 is 1.84 bits per heavy atom. The molecule has 0 bridgehead atoms. The van der Waals surface area contributed by atoms with E-state index >= 15 is 0 Å². The van der Waals surface area contributed by atoms with E-state index in [9.17, 15) is 9.90 Å². The molecule has 0 saturated carbocycles. The lowest BCUT2D eigenvalue weighted by molar-refractivity contribution is -0.306. The number of carboxylic acids is 1. The van der Waals surface area contributed by atoms with E-state index in [-0.39, 0.29) is 12.7 Å². The van der Waals surface area contributed by atoms with Gasteiger partial charge < -0.3 is 25.4 Å². The summed E-state index contributed by atoms with van der Waals surface area (Å²) in [5.74, 6) is -0.275. The number of carbonyl (C=O) groups is 1. The number of hydrogen-bond donors (Lipinski definition) is 1. The molecule has 3 aromatic rings. The van der Waals surface area contributed by atoms with Gasteiger partial charge in [-0.15, -0.1) is 0 Å². The highest BCUT2D eigenvalue weighted by molar-refractivity contribution is 7.99. The first kappa shape index (κ1) is 18.9. The van der Waals surface area contributed by atoms with E-state index in [0.29, 0.717) is 0 Å². The zero-order valence-electron chi connectivity index (χ0n) is 14.8. The van der Waals surface area contributed by atoms with Crippen molar-refractivity contribution in [1.29, 1.82) is 0 Å². The number of carbonyl (C=O) groups excluding carboxylic acids is 1. The number of hydrogen-bond acceptors (Lipinski definition) is 4. The minimum absolute atomic E-state index is 0. The number of aryl methyl sites for hydroxylation is 1. The van der Waals surface area contributed by atoms with E-state index in [1.165, 1.54) is 0 Å². The Morgan fingerprint density at radius 3 is 2.44 bits per heavy atom. The van der Waals surface area contributed by atoms with Gasteiger partial charge in [-0.2, -0.15) is 0 Å². The predicted molar refractivity (Wildman–Crippen MR) is 99.5 cm³/mol. The van der Waals surface area contributed by atoms with Crippen LogP contribution in [-0.4, -0.2) is 17.6 Å². The van der Waals surface area contributed by atoms with Gasteiger partial charge in [-0.25, -0.2) is 0 Å². The molecule has 0 aliphatic carbocycles. The van der Waals surface area contributed by atoms with Crippen LogP contribution in [0.5, 0.6) is 5.75 Å². The van der Waals surface area contributed by atoms with Gasteiger partial charge in [-0.1, -0.05) is 23.4 Å². The van der Waals surface area contributed by atoms with Crippen LogP contribution in [0.3, 0.4) is 0 Å². The van der Waals surface area contributed by atoms with Gasteiger partial charge in [0.2, 0.25) is 0 Å². The van der Waals surface area contributed by atoms with E-state index in [0.717, 1.165) is 37.7 Å². The molecule has 5 nitrogen and oxygen atoms in total. The summed E-state index contributed by atoms with van der Waals surface area (Å²) in [6.07, 6.45) is 0. The van der Waals surface area contributed by atoms with E-state index < -0.39 is 5.97 Å². The fraction of sp³-hybridized carbons (Fsp3) is 0.211. The van der Waals surface area contributed by atoms with Gasteiger partial charge in [-0.05, 0) is 50.2 Å². The number of methoxy groups -OCH3 is 1. The molecule has 6 heteroatoms. The molecule has 3 rings (SSSR count). The summed E-state index contributed by atoms with van der Waals surface area (Å²) in [5.41, 5.74) is 2.99. The third-order valence-electron chi connectivity index (χ3n) is 3.99. The molecular formula is C19H22N2O3S. The van der Waals surface area contributed by atoms with Crippen molar-refractivity contribution >= 4 is 28.6 Å². The van der Waals surface area contributed by atoms with Crippen LogP contribution in [0.4, 0.5) is 0 Å². The van der Waals surface area contributed by atoms with Crippen molar-refractivity contribution in [3.05, 3.63) is 53.7 Å². The Balaban J connectivity index is 0.00000225. The lowest BCUT2D eigenvalue weighted by Gasteiger charge is -2.09. The van der Waals surface area contributed by atoms with Gasteiger partial charge >= 0.3 is 0 Å². The molecule has 0 atom stereocenters. The molecule has 0 radical (unpaired) electrons. The van der Waals surface area contributed by atoms with Crippen molar-refractivity contribution < 1.29 is 14.6 Å². The first-order chi connectivity index (χ1) is 11.5. The molecule has 25 heavy (non-hydrogen) atoms. The summed E-state index contributed by atoms with van der Waals surface area (Å²) in [6, 6.07) is 13.9. The number of rotatable bonds is 5. The number of fused-ring (bicyclic) bond motifs is 1. The molecule has 0 unspecified atom stereocenters. The summed E-state index contributed by atoms with van der Waals surface area (Å²) in [5, 5.41) is 12.2. The summed E-state index contributed by atoms with van der Waals surface area (Å²) in [6.45, 7) is 3.84. The van der Waals surface area contributed by atoms with Crippen LogP contribution in [0.25, 0.3) is 10.9 Å². The summed E-state index contributed by atoms with van der Waals surface area (Å²) in [4.78, 5) is 13.3. The molecule has 1 heterocycles. The van der Waals surface area contributed by atoms with Crippen LogP contribution in [0, 0.1) is 13.8 Å². The Morgan fingerprint density at radius 1 is 1.16 bits per heavy atom. The number of quaternary nitrogens is 1. The zero-order valence-corrected chi connectivity index (χ0v) is 15.6. The monoisotopic (exact) mass is 358 g/mol. The molecule has 4 N–H and O–H groups in total. The molecule has 132 valence electrons. The molecular weight excluding hydrogens is 336 g/mol. The number of nitrogens with zero attached hydrogens (tertiary/aromatic N) is 1. The Labute approximate surface area is 151 Å². The highest BCUT2D eigenvalue weighted by Crippen LogP contribution is 2.39. The molecule has 0 saturated heterocycles. The van der Waals surface area contributed by atoms with Gasteiger partial charge in [0.1, 0.15) is 5.75 Å². The number of benzene rings is 2. The topological polar surface area (TPSA) is 90.8 Å². The van der Waals surface area contributed by atoms with Crippen molar-refractivity contribution in [2.45, 2.75) is 30.2 Å². The molecule has 0 aliphatic rings. The standard InChI is InChI=1S/C19H19NO3S.H3N/c1-12-4-9-17-16(10-12)19(13(2)20(17)11-18(21)22)24-15-7-5-14(23-3)6-8-15;/h4-10H,11H2,1-3H3,(H,21,22);1H3. The quantitative estimate of drug-likeness (QED) is 0.755. The van der Waals surface area contributed by atoms with Crippen molar-refractivity contribution in [1.82, 2.24) is 10.7 Å². The summed E-state index contributed by atoms with van der Waals surface area (Å²) < 4.78 is 6.99. The Hall–Kier alpha value is -2.44. The fourth-order valence-corrected chi connectivity index (χ4v) is 3.83. The lowest BCUT2D eigenvalue weighted by atomic mass is 10.2. The predicted octanol–water partition coefficient (Wildman–Crippen LogP) is 3.54.